The number of nitrogens with zero attached hydrogens (tertiary/aromatic N) is 2. The molecule has 1 aliphatic rings. The van der Waals surface area contributed by atoms with Crippen molar-refractivity contribution in [2.75, 3.05) is 6.54 Å². The Bertz CT molecular complexity index is 461. The Balaban J connectivity index is 1.57. The topological polar surface area (TPSA) is 43.0 Å². The number of hydrogen-bond donors (Lipinski definition) is 1. The summed E-state index contributed by atoms with van der Waals surface area (Å²) in [6.45, 7) is 1.93. The fraction of sp³-hybridized carbons (Fsp3) is 0.462. The number of imidazole rings is 1. The highest BCUT2D eigenvalue weighted by Gasteiger charge is 2.21. The molecule has 1 atom stereocenters. The standard InChI is InChI=1S/C13H17N3O/c1-2-12(11-4-9-17-13(11)3-1)15-6-8-16-7-5-14-10-16/h4-5,7,9-10,12,15H,1-3,6,8H2. The van der Waals surface area contributed by atoms with Gasteiger partial charge in [-0.1, -0.05) is 0 Å². The van der Waals surface area contributed by atoms with E-state index in [-0.39, 0.29) is 0 Å². The minimum atomic E-state index is 0.459. The minimum Gasteiger partial charge on any atom is -0.469 e. The molecule has 90 valence electrons. The molecule has 2 heterocycles. The van der Waals surface area contributed by atoms with Crippen molar-refractivity contribution in [1.82, 2.24) is 14.9 Å². The highest BCUT2D eigenvalue weighted by molar-refractivity contribution is 5.23. The predicted molar refractivity (Wildman–Crippen MR) is 64.6 cm³/mol. The molecule has 17 heavy (non-hydrogen) atoms. The predicted octanol–water partition coefficient (Wildman–Crippen LogP) is 2.14. The van der Waals surface area contributed by atoms with Gasteiger partial charge in [0.15, 0.2) is 0 Å². The van der Waals surface area contributed by atoms with Crippen LogP contribution in [0.5, 0.6) is 0 Å². The van der Waals surface area contributed by atoms with Gasteiger partial charge in [-0.2, -0.15) is 0 Å². The van der Waals surface area contributed by atoms with E-state index in [9.17, 15) is 0 Å². The van der Waals surface area contributed by atoms with Gasteiger partial charge in [0, 0.05) is 43.5 Å². The summed E-state index contributed by atoms with van der Waals surface area (Å²) in [5.41, 5.74) is 1.35. The van der Waals surface area contributed by atoms with Crippen LogP contribution in [0.25, 0.3) is 0 Å². The lowest BCUT2D eigenvalue weighted by Crippen LogP contribution is -2.27. The van der Waals surface area contributed by atoms with Crippen molar-refractivity contribution in [2.45, 2.75) is 31.8 Å². The Morgan fingerprint density at radius 1 is 1.53 bits per heavy atom. The molecular weight excluding hydrogens is 214 g/mol. The molecule has 1 aliphatic carbocycles. The zero-order valence-corrected chi connectivity index (χ0v) is 9.80. The Hall–Kier alpha value is -1.55. The number of aryl methyl sites for hydroxylation is 1. The third-order valence-corrected chi connectivity index (χ3v) is 3.37. The van der Waals surface area contributed by atoms with Crippen molar-refractivity contribution < 1.29 is 4.42 Å². The normalized spacial score (nSPS) is 19.2. The van der Waals surface area contributed by atoms with Gasteiger partial charge in [0.25, 0.3) is 0 Å². The molecule has 0 amide bonds. The first-order chi connectivity index (χ1) is 8.43. The Kier molecular flexibility index (Phi) is 2.96. The van der Waals surface area contributed by atoms with Crippen LogP contribution in [0.1, 0.15) is 30.2 Å². The maximum Gasteiger partial charge on any atom is 0.108 e. The van der Waals surface area contributed by atoms with E-state index in [4.69, 9.17) is 4.42 Å². The van der Waals surface area contributed by atoms with Crippen LogP contribution in [0.3, 0.4) is 0 Å². The smallest absolute Gasteiger partial charge is 0.108 e. The number of nitrogens with one attached hydrogen (secondary N) is 1. The van der Waals surface area contributed by atoms with Crippen LogP contribution in [-0.4, -0.2) is 16.1 Å². The number of furan rings is 1. The van der Waals surface area contributed by atoms with Gasteiger partial charge < -0.3 is 14.3 Å². The van der Waals surface area contributed by atoms with E-state index < -0.39 is 0 Å². The molecule has 4 heteroatoms. The third kappa shape index (κ3) is 2.26. The van der Waals surface area contributed by atoms with E-state index in [0.717, 1.165) is 25.3 Å². The maximum atomic E-state index is 5.48. The van der Waals surface area contributed by atoms with Crippen molar-refractivity contribution in [3.63, 3.8) is 0 Å². The molecule has 0 aliphatic heterocycles. The van der Waals surface area contributed by atoms with Crippen LogP contribution in [0.2, 0.25) is 0 Å². The van der Waals surface area contributed by atoms with Gasteiger partial charge in [-0.3, -0.25) is 0 Å². The highest BCUT2D eigenvalue weighted by atomic mass is 16.3. The fourth-order valence-electron chi connectivity index (χ4n) is 2.49. The number of fused-ring (bicyclic) bond motifs is 1. The van der Waals surface area contributed by atoms with Crippen LogP contribution in [0.15, 0.2) is 35.5 Å². The maximum absolute atomic E-state index is 5.48. The van der Waals surface area contributed by atoms with E-state index in [2.05, 4.69) is 20.9 Å². The molecule has 0 aromatic carbocycles. The van der Waals surface area contributed by atoms with Crippen molar-refractivity contribution in [3.05, 3.63) is 42.4 Å². The van der Waals surface area contributed by atoms with Crippen LogP contribution >= 0.6 is 0 Å². The Labute approximate surface area is 101 Å². The van der Waals surface area contributed by atoms with Gasteiger partial charge in [-0.05, 0) is 18.9 Å². The van der Waals surface area contributed by atoms with Crippen molar-refractivity contribution in [3.8, 4) is 0 Å². The molecule has 3 rings (SSSR count). The van der Waals surface area contributed by atoms with Gasteiger partial charge in [-0.15, -0.1) is 0 Å². The second-order valence-corrected chi connectivity index (χ2v) is 4.50. The van der Waals surface area contributed by atoms with Crippen molar-refractivity contribution in [1.29, 1.82) is 0 Å². The van der Waals surface area contributed by atoms with E-state index in [1.807, 2.05) is 18.7 Å². The first-order valence-corrected chi connectivity index (χ1v) is 6.19. The summed E-state index contributed by atoms with van der Waals surface area (Å²) in [5, 5.41) is 3.59. The molecule has 2 aromatic heterocycles. The minimum absolute atomic E-state index is 0.459. The summed E-state index contributed by atoms with van der Waals surface area (Å²) < 4.78 is 7.57. The van der Waals surface area contributed by atoms with Gasteiger partial charge in [0.05, 0.1) is 12.6 Å². The van der Waals surface area contributed by atoms with Crippen LogP contribution < -0.4 is 5.32 Å². The summed E-state index contributed by atoms with van der Waals surface area (Å²) in [4.78, 5) is 4.04. The van der Waals surface area contributed by atoms with Gasteiger partial charge >= 0.3 is 0 Å². The second kappa shape index (κ2) is 4.75. The van der Waals surface area contributed by atoms with Crippen LogP contribution in [-0.2, 0) is 13.0 Å². The largest absolute Gasteiger partial charge is 0.469 e. The highest BCUT2D eigenvalue weighted by Crippen LogP contribution is 2.30. The SMILES string of the molecule is c1cn(CCNC2CCCc3occc32)cn1. The molecule has 4 nitrogen and oxygen atoms in total. The van der Waals surface area contributed by atoms with E-state index >= 15 is 0 Å². The van der Waals surface area contributed by atoms with E-state index in [1.165, 1.54) is 18.4 Å². The third-order valence-electron chi connectivity index (χ3n) is 3.37. The molecule has 0 radical (unpaired) electrons. The Morgan fingerprint density at radius 2 is 2.53 bits per heavy atom. The lowest BCUT2D eigenvalue weighted by Gasteiger charge is -2.22. The number of hydrogen-bond acceptors (Lipinski definition) is 3. The lowest BCUT2D eigenvalue weighted by molar-refractivity contribution is 0.405. The molecule has 0 spiro atoms. The molecule has 0 bridgehead atoms. The summed E-state index contributed by atoms with van der Waals surface area (Å²) in [5.74, 6) is 1.16. The van der Waals surface area contributed by atoms with Crippen molar-refractivity contribution in [2.24, 2.45) is 0 Å². The molecule has 0 saturated heterocycles. The first kappa shape index (κ1) is 10.6. The molecule has 1 unspecified atom stereocenters. The monoisotopic (exact) mass is 231 g/mol. The first-order valence-electron chi connectivity index (χ1n) is 6.19. The molecule has 2 aromatic rings. The van der Waals surface area contributed by atoms with Crippen LogP contribution in [0, 0.1) is 0 Å². The zero-order chi connectivity index (χ0) is 11.5. The zero-order valence-electron chi connectivity index (χ0n) is 9.80. The van der Waals surface area contributed by atoms with E-state index in [0.29, 0.717) is 6.04 Å². The average Bonchev–Trinajstić information content (AvgIpc) is 2.99. The molecule has 0 fully saturated rings. The van der Waals surface area contributed by atoms with Gasteiger partial charge in [-0.25, -0.2) is 4.98 Å². The Morgan fingerprint density at radius 3 is 3.41 bits per heavy atom. The molecule has 1 N–H and O–H groups in total. The molecule has 0 saturated carbocycles. The summed E-state index contributed by atoms with van der Waals surface area (Å²) in [7, 11) is 0. The lowest BCUT2D eigenvalue weighted by atomic mass is 9.93. The van der Waals surface area contributed by atoms with Gasteiger partial charge in [0.1, 0.15) is 5.76 Å². The quantitative estimate of drug-likeness (QED) is 0.876. The van der Waals surface area contributed by atoms with Crippen LogP contribution in [0.4, 0.5) is 0 Å². The number of rotatable bonds is 4. The summed E-state index contributed by atoms with van der Waals surface area (Å²) >= 11 is 0. The number of aromatic nitrogens is 2. The second-order valence-electron chi connectivity index (χ2n) is 4.50. The summed E-state index contributed by atoms with van der Waals surface area (Å²) in [6.07, 6.45) is 11.0. The van der Waals surface area contributed by atoms with Crippen molar-refractivity contribution >= 4 is 0 Å². The molecular formula is C13H17N3O. The summed E-state index contributed by atoms with van der Waals surface area (Å²) in [6, 6.07) is 2.56. The average molecular weight is 231 g/mol. The van der Waals surface area contributed by atoms with Gasteiger partial charge in [0.2, 0.25) is 0 Å². The van der Waals surface area contributed by atoms with E-state index in [1.54, 1.807) is 6.26 Å². The fourth-order valence-corrected chi connectivity index (χ4v) is 2.49.